The minimum absolute atomic E-state index is 0.103. The van der Waals surface area contributed by atoms with Crippen molar-refractivity contribution in [2.75, 3.05) is 42.8 Å². The number of piperazine rings is 1. The van der Waals surface area contributed by atoms with Gasteiger partial charge in [-0.2, -0.15) is 4.98 Å². The van der Waals surface area contributed by atoms with Crippen LogP contribution in [0.4, 0.5) is 11.6 Å². The first-order valence-corrected chi connectivity index (χ1v) is 11.5. The lowest BCUT2D eigenvalue weighted by Gasteiger charge is -2.36. The summed E-state index contributed by atoms with van der Waals surface area (Å²) in [7, 11) is 0. The highest BCUT2D eigenvalue weighted by atomic mass is 35.5. The molecule has 0 unspecified atom stereocenters. The molecule has 0 bridgehead atoms. The number of nitrogens with one attached hydrogen (secondary N) is 1. The fraction of sp³-hybridized carbons (Fsp3) is 0.250. The van der Waals surface area contributed by atoms with Gasteiger partial charge in [0.25, 0.3) is 5.56 Å². The molecule has 4 heterocycles. The van der Waals surface area contributed by atoms with Gasteiger partial charge in [-0.05, 0) is 36.8 Å². The average Bonchev–Trinajstić information content (AvgIpc) is 3.33. The van der Waals surface area contributed by atoms with Crippen molar-refractivity contribution in [3.05, 3.63) is 74.0 Å². The summed E-state index contributed by atoms with van der Waals surface area (Å²) in [5.74, 6) is 1.51. The van der Waals surface area contributed by atoms with E-state index in [9.17, 15) is 9.59 Å². The van der Waals surface area contributed by atoms with E-state index >= 15 is 0 Å². The Morgan fingerprint density at radius 2 is 1.74 bits per heavy atom. The molecular formula is C24H21ClN6O4. The van der Waals surface area contributed by atoms with E-state index in [1.54, 1.807) is 18.2 Å². The van der Waals surface area contributed by atoms with Crippen LogP contribution in [-0.2, 0) is 0 Å². The molecule has 1 fully saturated rings. The van der Waals surface area contributed by atoms with Crippen LogP contribution in [0.1, 0.15) is 5.56 Å². The largest absolute Gasteiger partial charge is 0.454 e. The lowest BCUT2D eigenvalue weighted by molar-refractivity contribution is 0.174. The van der Waals surface area contributed by atoms with Crippen LogP contribution in [0.3, 0.4) is 0 Å². The number of aromatic nitrogens is 4. The number of anilines is 2. The zero-order chi connectivity index (χ0) is 24.1. The van der Waals surface area contributed by atoms with Crippen LogP contribution in [0.5, 0.6) is 11.5 Å². The van der Waals surface area contributed by atoms with Crippen LogP contribution < -0.4 is 30.5 Å². The van der Waals surface area contributed by atoms with E-state index in [0.717, 1.165) is 23.3 Å². The van der Waals surface area contributed by atoms with E-state index in [1.165, 1.54) is 11.8 Å². The number of benzene rings is 2. The maximum atomic E-state index is 13.2. The third kappa shape index (κ3) is 3.75. The standard InChI is InChI=1S/C24H21ClN6O4/c1-14-2-3-15(25)10-18(14)29-6-8-30(9-7-29)23-26-12-17-21(27-23)28-24(33)31(22(17)32)16-4-5-19-20(11-16)35-13-34-19/h2-5,10-12H,6-9,13H2,1H3,(H,26,27,28,33). The van der Waals surface area contributed by atoms with Gasteiger partial charge < -0.3 is 19.3 Å². The van der Waals surface area contributed by atoms with Gasteiger partial charge in [-0.1, -0.05) is 17.7 Å². The van der Waals surface area contributed by atoms with E-state index in [1.807, 2.05) is 23.1 Å². The molecule has 0 saturated carbocycles. The number of rotatable bonds is 3. The summed E-state index contributed by atoms with van der Waals surface area (Å²) < 4.78 is 11.7. The van der Waals surface area contributed by atoms with Gasteiger partial charge in [-0.3, -0.25) is 9.78 Å². The molecule has 2 aliphatic rings. The molecule has 2 aromatic carbocycles. The quantitative estimate of drug-likeness (QED) is 0.465. The van der Waals surface area contributed by atoms with Crippen molar-refractivity contribution in [2.45, 2.75) is 6.92 Å². The summed E-state index contributed by atoms with van der Waals surface area (Å²) in [6.07, 6.45) is 1.47. The number of hydrogen-bond donors (Lipinski definition) is 1. The maximum absolute atomic E-state index is 13.2. The predicted molar refractivity (Wildman–Crippen MR) is 132 cm³/mol. The monoisotopic (exact) mass is 492 g/mol. The highest BCUT2D eigenvalue weighted by molar-refractivity contribution is 6.30. The predicted octanol–water partition coefficient (Wildman–Crippen LogP) is 2.49. The number of H-pyrrole nitrogens is 1. The first-order valence-electron chi connectivity index (χ1n) is 11.2. The van der Waals surface area contributed by atoms with Gasteiger partial charge in [-0.15, -0.1) is 0 Å². The molecule has 0 atom stereocenters. The molecule has 10 nitrogen and oxygen atoms in total. The summed E-state index contributed by atoms with van der Waals surface area (Å²) in [5.41, 5.74) is 1.77. The molecule has 1 saturated heterocycles. The molecule has 35 heavy (non-hydrogen) atoms. The molecule has 0 aliphatic carbocycles. The second-order valence-corrected chi connectivity index (χ2v) is 8.88. The number of fused-ring (bicyclic) bond motifs is 2. The van der Waals surface area contributed by atoms with Gasteiger partial charge in [0.1, 0.15) is 5.39 Å². The Kier molecular flexibility index (Phi) is 5.10. The Balaban J connectivity index is 1.28. The summed E-state index contributed by atoms with van der Waals surface area (Å²) in [6, 6.07) is 10.8. The van der Waals surface area contributed by atoms with Crippen molar-refractivity contribution >= 4 is 34.3 Å². The first kappa shape index (κ1) is 21.5. The summed E-state index contributed by atoms with van der Waals surface area (Å²) in [6.45, 7) is 5.09. The van der Waals surface area contributed by atoms with Crippen LogP contribution in [0.25, 0.3) is 16.7 Å². The summed E-state index contributed by atoms with van der Waals surface area (Å²) in [5, 5.41) is 0.931. The highest BCUT2D eigenvalue weighted by Crippen LogP contribution is 2.33. The SMILES string of the molecule is Cc1ccc(Cl)cc1N1CCN(c2ncc3c(=O)n(-c4ccc5c(c4)OCO5)c(=O)[nH]c3n2)CC1. The summed E-state index contributed by atoms with van der Waals surface area (Å²) in [4.78, 5) is 42.0. The van der Waals surface area contributed by atoms with Crippen molar-refractivity contribution in [1.82, 2.24) is 19.5 Å². The number of nitrogens with zero attached hydrogens (tertiary/aromatic N) is 5. The van der Waals surface area contributed by atoms with Crippen LogP contribution in [0.15, 0.2) is 52.2 Å². The Morgan fingerprint density at radius 1 is 0.971 bits per heavy atom. The van der Waals surface area contributed by atoms with Crippen LogP contribution in [-0.4, -0.2) is 52.5 Å². The van der Waals surface area contributed by atoms with Crippen molar-refractivity contribution in [2.24, 2.45) is 0 Å². The van der Waals surface area contributed by atoms with Gasteiger partial charge >= 0.3 is 5.69 Å². The van der Waals surface area contributed by atoms with E-state index in [4.69, 9.17) is 21.1 Å². The van der Waals surface area contributed by atoms with E-state index in [0.29, 0.717) is 41.2 Å². The van der Waals surface area contributed by atoms with E-state index in [-0.39, 0.29) is 17.8 Å². The smallest absolute Gasteiger partial charge is 0.334 e. The van der Waals surface area contributed by atoms with E-state index < -0.39 is 11.2 Å². The lowest BCUT2D eigenvalue weighted by Crippen LogP contribution is -2.47. The second kappa shape index (κ2) is 8.31. The van der Waals surface area contributed by atoms with Crippen molar-refractivity contribution < 1.29 is 9.47 Å². The molecule has 2 aliphatic heterocycles. The van der Waals surface area contributed by atoms with Gasteiger partial charge in [0.05, 0.1) is 5.69 Å². The third-order valence-electron chi connectivity index (χ3n) is 6.33. The molecular weight excluding hydrogens is 472 g/mol. The minimum Gasteiger partial charge on any atom is -0.454 e. The molecule has 1 N–H and O–H groups in total. The maximum Gasteiger partial charge on any atom is 0.334 e. The second-order valence-electron chi connectivity index (χ2n) is 8.45. The third-order valence-corrected chi connectivity index (χ3v) is 6.56. The average molecular weight is 493 g/mol. The molecule has 6 rings (SSSR count). The fourth-order valence-electron chi connectivity index (χ4n) is 4.48. The number of halogens is 1. The summed E-state index contributed by atoms with van der Waals surface area (Å²) >= 11 is 6.19. The van der Waals surface area contributed by atoms with Gasteiger partial charge in [-0.25, -0.2) is 14.3 Å². The molecule has 178 valence electrons. The van der Waals surface area contributed by atoms with Crippen molar-refractivity contribution in [3.63, 3.8) is 0 Å². The molecule has 0 radical (unpaired) electrons. The van der Waals surface area contributed by atoms with E-state index in [2.05, 4.69) is 26.8 Å². The van der Waals surface area contributed by atoms with Gasteiger partial charge in [0.15, 0.2) is 17.1 Å². The lowest BCUT2D eigenvalue weighted by atomic mass is 10.1. The zero-order valence-electron chi connectivity index (χ0n) is 18.8. The Hall–Kier alpha value is -4.05. The van der Waals surface area contributed by atoms with Crippen LogP contribution in [0, 0.1) is 6.92 Å². The van der Waals surface area contributed by atoms with Gasteiger partial charge in [0, 0.05) is 49.2 Å². The van der Waals surface area contributed by atoms with Crippen LogP contribution in [0.2, 0.25) is 5.02 Å². The number of hydrogen-bond acceptors (Lipinski definition) is 8. The zero-order valence-corrected chi connectivity index (χ0v) is 19.6. The Labute approximate surface area is 204 Å². The van der Waals surface area contributed by atoms with Crippen LogP contribution >= 0.6 is 11.6 Å². The van der Waals surface area contributed by atoms with Crippen molar-refractivity contribution in [3.8, 4) is 17.2 Å². The highest BCUT2D eigenvalue weighted by Gasteiger charge is 2.22. The minimum atomic E-state index is -0.590. The number of ether oxygens (including phenoxy) is 2. The molecule has 2 aromatic heterocycles. The first-order chi connectivity index (χ1) is 17.0. The number of aryl methyl sites for hydroxylation is 1. The van der Waals surface area contributed by atoms with Gasteiger partial charge in [0.2, 0.25) is 12.7 Å². The van der Waals surface area contributed by atoms with Crippen molar-refractivity contribution in [1.29, 1.82) is 0 Å². The fourth-order valence-corrected chi connectivity index (χ4v) is 4.64. The molecule has 0 amide bonds. The molecule has 11 heteroatoms. The Morgan fingerprint density at radius 3 is 2.57 bits per heavy atom. The topological polar surface area (TPSA) is 106 Å². The normalized spacial score (nSPS) is 15.1. The Bertz CT molecular complexity index is 1580. The molecule has 0 spiro atoms. The molecule has 4 aromatic rings. The number of aromatic amines is 1.